The zero-order valence-electron chi connectivity index (χ0n) is 9.90. The first-order valence-corrected chi connectivity index (χ1v) is 7.03. The first-order valence-electron chi connectivity index (χ1n) is 5.77. The minimum Gasteiger partial charge on any atom is -0.489 e. The van der Waals surface area contributed by atoms with Crippen molar-refractivity contribution in [2.75, 3.05) is 0 Å². The van der Waals surface area contributed by atoms with Crippen molar-refractivity contribution < 1.29 is 9.13 Å². The Labute approximate surface area is 119 Å². The molecule has 0 atom stereocenters. The number of benzene rings is 2. The molecule has 0 spiro atoms. The van der Waals surface area contributed by atoms with Gasteiger partial charge in [0, 0.05) is 16.0 Å². The molecule has 0 saturated carbocycles. The molecule has 0 saturated heterocycles. The summed E-state index contributed by atoms with van der Waals surface area (Å²) in [6, 6.07) is 12.3. The van der Waals surface area contributed by atoms with Gasteiger partial charge in [-0.2, -0.15) is 0 Å². The average molecular weight is 293 g/mol. The molecule has 0 aliphatic rings. The molecule has 4 heteroatoms. The third kappa shape index (κ3) is 2.57. The molecule has 0 N–H and O–H groups in total. The summed E-state index contributed by atoms with van der Waals surface area (Å²) in [6.07, 6.45) is 0. The molecule has 1 heterocycles. The van der Waals surface area contributed by atoms with Crippen LogP contribution in [0.1, 0.15) is 5.56 Å². The maximum atomic E-state index is 13.6. The van der Waals surface area contributed by atoms with Gasteiger partial charge in [-0.05, 0) is 29.6 Å². The molecule has 3 aromatic rings. The van der Waals surface area contributed by atoms with E-state index in [2.05, 4.69) is 0 Å². The fourth-order valence-electron chi connectivity index (χ4n) is 1.90. The third-order valence-electron chi connectivity index (χ3n) is 2.82. The SMILES string of the molecule is Fc1cccc2c(COc3cccc(Cl)c3)csc12. The van der Waals surface area contributed by atoms with Crippen LogP contribution in [0.5, 0.6) is 5.75 Å². The van der Waals surface area contributed by atoms with Crippen molar-refractivity contribution in [1.82, 2.24) is 0 Å². The molecule has 3 rings (SSSR count). The highest BCUT2D eigenvalue weighted by Gasteiger charge is 2.08. The van der Waals surface area contributed by atoms with E-state index in [1.807, 2.05) is 23.6 Å². The van der Waals surface area contributed by atoms with E-state index in [9.17, 15) is 4.39 Å². The first kappa shape index (κ1) is 12.5. The average Bonchev–Trinajstić information content (AvgIpc) is 2.81. The summed E-state index contributed by atoms with van der Waals surface area (Å²) in [5.41, 5.74) is 0.986. The molecule has 0 unspecified atom stereocenters. The van der Waals surface area contributed by atoms with Crippen LogP contribution in [-0.2, 0) is 6.61 Å². The predicted octanol–water partition coefficient (Wildman–Crippen LogP) is 5.27. The zero-order chi connectivity index (χ0) is 13.2. The van der Waals surface area contributed by atoms with Gasteiger partial charge in [-0.25, -0.2) is 4.39 Å². The van der Waals surface area contributed by atoms with Crippen molar-refractivity contribution in [3.8, 4) is 5.75 Å². The smallest absolute Gasteiger partial charge is 0.140 e. The van der Waals surface area contributed by atoms with Gasteiger partial charge in [0.25, 0.3) is 0 Å². The van der Waals surface area contributed by atoms with Gasteiger partial charge in [-0.3, -0.25) is 0 Å². The van der Waals surface area contributed by atoms with Crippen molar-refractivity contribution in [3.05, 3.63) is 64.2 Å². The van der Waals surface area contributed by atoms with Crippen molar-refractivity contribution in [2.24, 2.45) is 0 Å². The second kappa shape index (κ2) is 5.19. The maximum Gasteiger partial charge on any atom is 0.140 e. The lowest BCUT2D eigenvalue weighted by atomic mass is 10.2. The Morgan fingerprint density at radius 2 is 2.00 bits per heavy atom. The lowest BCUT2D eigenvalue weighted by Gasteiger charge is -2.05. The number of thiophene rings is 1. The van der Waals surface area contributed by atoms with Gasteiger partial charge in [0.15, 0.2) is 0 Å². The molecule has 96 valence electrons. The summed E-state index contributed by atoms with van der Waals surface area (Å²) in [5, 5.41) is 3.48. The number of fused-ring (bicyclic) bond motifs is 1. The van der Waals surface area contributed by atoms with Crippen molar-refractivity contribution in [1.29, 1.82) is 0 Å². The highest BCUT2D eigenvalue weighted by atomic mass is 35.5. The summed E-state index contributed by atoms with van der Waals surface area (Å²) in [7, 11) is 0. The quantitative estimate of drug-likeness (QED) is 0.639. The third-order valence-corrected chi connectivity index (χ3v) is 4.11. The lowest BCUT2D eigenvalue weighted by molar-refractivity contribution is 0.308. The fraction of sp³-hybridized carbons (Fsp3) is 0.0667. The molecule has 0 fully saturated rings. The van der Waals surface area contributed by atoms with Gasteiger partial charge in [-0.15, -0.1) is 11.3 Å². The Morgan fingerprint density at radius 1 is 1.16 bits per heavy atom. The Morgan fingerprint density at radius 3 is 2.84 bits per heavy atom. The second-order valence-corrected chi connectivity index (χ2v) is 5.44. The maximum absolute atomic E-state index is 13.6. The van der Waals surface area contributed by atoms with Crippen LogP contribution >= 0.6 is 22.9 Å². The number of hydrogen-bond donors (Lipinski definition) is 0. The largest absolute Gasteiger partial charge is 0.489 e. The number of rotatable bonds is 3. The van der Waals surface area contributed by atoms with Crippen molar-refractivity contribution in [2.45, 2.75) is 6.61 Å². The normalized spacial score (nSPS) is 10.8. The first-order chi connectivity index (χ1) is 9.24. The van der Waals surface area contributed by atoms with E-state index in [1.54, 1.807) is 18.2 Å². The summed E-state index contributed by atoms with van der Waals surface area (Å²) < 4.78 is 19.9. The summed E-state index contributed by atoms with van der Waals surface area (Å²) >= 11 is 7.29. The number of hydrogen-bond acceptors (Lipinski definition) is 2. The summed E-state index contributed by atoms with van der Waals surface area (Å²) in [6.45, 7) is 0.407. The van der Waals surface area contributed by atoms with Gasteiger partial charge in [0.05, 0.1) is 4.70 Å². The van der Waals surface area contributed by atoms with Crippen LogP contribution in [0.3, 0.4) is 0 Å². The Hall–Kier alpha value is -1.58. The zero-order valence-corrected chi connectivity index (χ0v) is 11.5. The molecule has 0 bridgehead atoms. The van der Waals surface area contributed by atoms with Crippen LogP contribution in [0.25, 0.3) is 10.1 Å². The Balaban J connectivity index is 1.84. The molecule has 2 aromatic carbocycles. The highest BCUT2D eigenvalue weighted by Crippen LogP contribution is 2.29. The van der Waals surface area contributed by atoms with Crippen LogP contribution in [0.4, 0.5) is 4.39 Å². The molecule has 0 aliphatic heterocycles. The second-order valence-electron chi connectivity index (χ2n) is 4.12. The number of halogens is 2. The molecule has 1 aromatic heterocycles. The fourth-order valence-corrected chi connectivity index (χ4v) is 3.05. The van der Waals surface area contributed by atoms with Crippen LogP contribution in [0.2, 0.25) is 5.02 Å². The lowest BCUT2D eigenvalue weighted by Crippen LogP contribution is -1.94. The van der Waals surface area contributed by atoms with Crippen LogP contribution < -0.4 is 4.74 Å². The summed E-state index contributed by atoms with van der Waals surface area (Å²) in [5.74, 6) is 0.528. The van der Waals surface area contributed by atoms with Crippen LogP contribution in [0.15, 0.2) is 47.8 Å². The molecule has 0 aliphatic carbocycles. The van der Waals surface area contributed by atoms with E-state index in [0.29, 0.717) is 22.1 Å². The predicted molar refractivity (Wildman–Crippen MR) is 77.6 cm³/mol. The number of ether oxygens (including phenoxy) is 1. The van der Waals surface area contributed by atoms with E-state index in [4.69, 9.17) is 16.3 Å². The van der Waals surface area contributed by atoms with E-state index in [1.165, 1.54) is 17.4 Å². The molecule has 0 radical (unpaired) electrons. The molecule has 0 amide bonds. The van der Waals surface area contributed by atoms with Gasteiger partial charge in [0.2, 0.25) is 0 Å². The highest BCUT2D eigenvalue weighted by molar-refractivity contribution is 7.17. The van der Waals surface area contributed by atoms with Crippen molar-refractivity contribution in [3.63, 3.8) is 0 Å². The molecular weight excluding hydrogens is 283 g/mol. The van der Waals surface area contributed by atoms with Crippen molar-refractivity contribution >= 4 is 33.0 Å². The van der Waals surface area contributed by atoms with Gasteiger partial charge >= 0.3 is 0 Å². The van der Waals surface area contributed by atoms with Gasteiger partial charge < -0.3 is 4.74 Å². The minimum absolute atomic E-state index is 0.184. The minimum atomic E-state index is -0.184. The Kier molecular flexibility index (Phi) is 3.40. The molecule has 19 heavy (non-hydrogen) atoms. The van der Waals surface area contributed by atoms with Crippen LogP contribution in [-0.4, -0.2) is 0 Å². The van der Waals surface area contributed by atoms with E-state index in [-0.39, 0.29) is 5.82 Å². The van der Waals surface area contributed by atoms with Gasteiger partial charge in [-0.1, -0.05) is 29.8 Å². The summed E-state index contributed by atoms with van der Waals surface area (Å²) in [4.78, 5) is 0. The molecular formula is C15H10ClFOS. The topological polar surface area (TPSA) is 9.23 Å². The van der Waals surface area contributed by atoms with E-state index in [0.717, 1.165) is 10.9 Å². The van der Waals surface area contributed by atoms with E-state index < -0.39 is 0 Å². The monoisotopic (exact) mass is 292 g/mol. The van der Waals surface area contributed by atoms with E-state index >= 15 is 0 Å². The molecule has 1 nitrogen and oxygen atoms in total. The van der Waals surface area contributed by atoms with Gasteiger partial charge in [0.1, 0.15) is 18.2 Å². The standard InChI is InChI=1S/C15H10ClFOS/c16-11-3-1-4-12(7-11)18-8-10-9-19-15-13(10)5-2-6-14(15)17/h1-7,9H,8H2. The Bertz CT molecular complexity index is 723. The van der Waals surface area contributed by atoms with Crippen LogP contribution in [0, 0.1) is 5.82 Å².